The molecule has 0 saturated heterocycles. The molecule has 3 aromatic rings. The molecule has 1 heterocycles. The zero-order valence-corrected chi connectivity index (χ0v) is 18.1. The Kier molecular flexibility index (Phi) is 6.89. The summed E-state index contributed by atoms with van der Waals surface area (Å²) in [6.45, 7) is 0.366. The molecule has 2 aromatic carbocycles. The van der Waals surface area contributed by atoms with Gasteiger partial charge in [0.15, 0.2) is 22.0 Å². The number of carbonyl (C=O) groups is 2. The van der Waals surface area contributed by atoms with E-state index in [0.717, 1.165) is 0 Å². The number of amides is 2. The molecular weight excluding hydrogens is 455 g/mol. The first-order chi connectivity index (χ1) is 14.4. The normalized spacial score (nSPS) is 10.5. The van der Waals surface area contributed by atoms with Crippen molar-refractivity contribution in [1.29, 1.82) is 0 Å². The van der Waals surface area contributed by atoms with Gasteiger partial charge in [-0.15, -0.1) is 0 Å². The van der Waals surface area contributed by atoms with Crippen molar-refractivity contribution in [2.45, 2.75) is 0 Å². The van der Waals surface area contributed by atoms with Gasteiger partial charge >= 0.3 is 0 Å². The summed E-state index contributed by atoms with van der Waals surface area (Å²) in [5.74, 6) is -0.844. The Morgan fingerprint density at radius 3 is 2.40 bits per heavy atom. The molecule has 0 N–H and O–H groups in total. The number of nitrogens with zero attached hydrogens (tertiary/aromatic N) is 2. The van der Waals surface area contributed by atoms with Gasteiger partial charge in [0.05, 0.1) is 17.8 Å². The third kappa shape index (κ3) is 4.88. The molecule has 0 fully saturated rings. The molecule has 0 atom stereocenters. The van der Waals surface area contributed by atoms with Crippen molar-refractivity contribution in [2.75, 3.05) is 32.1 Å². The lowest BCUT2D eigenvalue weighted by molar-refractivity contribution is 0.0773. The largest absolute Gasteiger partial charge is 0.489 e. The van der Waals surface area contributed by atoms with Crippen LogP contribution in [0.2, 0.25) is 0 Å². The molecule has 8 heteroatoms. The van der Waals surface area contributed by atoms with Gasteiger partial charge in [0.25, 0.3) is 11.8 Å². The van der Waals surface area contributed by atoms with E-state index in [1.807, 2.05) is 0 Å². The summed E-state index contributed by atoms with van der Waals surface area (Å²) in [7, 11) is 3.20. The highest BCUT2D eigenvalue weighted by Crippen LogP contribution is 2.24. The predicted octanol–water partition coefficient (Wildman–Crippen LogP) is 4.61. The highest BCUT2D eigenvalue weighted by molar-refractivity contribution is 9.10. The van der Waals surface area contributed by atoms with E-state index in [4.69, 9.17) is 9.15 Å². The minimum absolute atomic E-state index is 0.126. The van der Waals surface area contributed by atoms with Crippen LogP contribution in [-0.4, -0.2) is 44.0 Å². The number of carbonyl (C=O) groups excluding carboxylic acids is 2. The van der Waals surface area contributed by atoms with Crippen LogP contribution in [0.1, 0.15) is 20.9 Å². The third-order valence-electron chi connectivity index (χ3n) is 4.45. The van der Waals surface area contributed by atoms with Gasteiger partial charge < -0.3 is 19.0 Å². The Labute approximate surface area is 182 Å². The van der Waals surface area contributed by atoms with Crippen molar-refractivity contribution in [3.8, 4) is 5.75 Å². The first-order valence-electron chi connectivity index (χ1n) is 9.13. The standard InChI is InChI=1S/C22H20BrFN2O4/c1-25(13-14-29-18-10-6-4-8-16(18)24)21(27)15-7-3-5-9-17(15)26(2)22(28)19-11-12-20(23)30-19/h3-12H,13-14H2,1-2H3. The lowest BCUT2D eigenvalue weighted by Crippen LogP contribution is -2.33. The molecule has 1 aromatic heterocycles. The van der Waals surface area contributed by atoms with Crippen molar-refractivity contribution in [3.05, 3.63) is 82.5 Å². The van der Waals surface area contributed by atoms with E-state index < -0.39 is 5.82 Å². The number of furan rings is 1. The monoisotopic (exact) mass is 474 g/mol. The van der Waals surface area contributed by atoms with Crippen LogP contribution in [0, 0.1) is 5.82 Å². The summed E-state index contributed by atoms with van der Waals surface area (Å²) in [5, 5.41) is 0. The Balaban J connectivity index is 1.70. The van der Waals surface area contributed by atoms with Gasteiger partial charge in [-0.25, -0.2) is 4.39 Å². The zero-order valence-electron chi connectivity index (χ0n) is 16.5. The maximum Gasteiger partial charge on any atom is 0.293 e. The Hall–Kier alpha value is -3.13. The highest BCUT2D eigenvalue weighted by Gasteiger charge is 2.23. The maximum atomic E-state index is 13.6. The van der Waals surface area contributed by atoms with E-state index in [0.29, 0.717) is 15.9 Å². The van der Waals surface area contributed by atoms with Crippen LogP contribution in [0.5, 0.6) is 5.75 Å². The Morgan fingerprint density at radius 2 is 1.70 bits per heavy atom. The number of rotatable bonds is 7. The van der Waals surface area contributed by atoms with Crippen molar-refractivity contribution >= 4 is 33.4 Å². The molecule has 6 nitrogen and oxygen atoms in total. The van der Waals surface area contributed by atoms with E-state index >= 15 is 0 Å². The highest BCUT2D eigenvalue weighted by atomic mass is 79.9. The summed E-state index contributed by atoms with van der Waals surface area (Å²) in [4.78, 5) is 28.5. The number of likely N-dealkylation sites (N-methyl/N-ethyl adjacent to an activating group) is 1. The van der Waals surface area contributed by atoms with Gasteiger partial charge in [0.2, 0.25) is 0 Å². The smallest absolute Gasteiger partial charge is 0.293 e. The second kappa shape index (κ2) is 9.58. The molecular formula is C22H20BrFN2O4. The first-order valence-corrected chi connectivity index (χ1v) is 9.93. The van der Waals surface area contributed by atoms with Crippen LogP contribution < -0.4 is 9.64 Å². The lowest BCUT2D eigenvalue weighted by atomic mass is 10.1. The van der Waals surface area contributed by atoms with E-state index in [2.05, 4.69) is 15.9 Å². The molecule has 0 spiro atoms. The summed E-state index contributed by atoms with van der Waals surface area (Å²) >= 11 is 3.17. The molecule has 0 unspecified atom stereocenters. The van der Waals surface area contributed by atoms with Crippen molar-refractivity contribution in [3.63, 3.8) is 0 Å². The van der Waals surface area contributed by atoms with Gasteiger partial charge in [0, 0.05) is 14.1 Å². The molecule has 2 amide bonds. The average molecular weight is 475 g/mol. The summed E-state index contributed by atoms with van der Waals surface area (Å²) in [5.41, 5.74) is 0.800. The number of hydrogen-bond donors (Lipinski definition) is 0. The molecule has 0 radical (unpaired) electrons. The quantitative estimate of drug-likeness (QED) is 0.501. The molecule has 3 rings (SSSR count). The van der Waals surface area contributed by atoms with Crippen LogP contribution in [0.25, 0.3) is 0 Å². The third-order valence-corrected chi connectivity index (χ3v) is 4.88. The summed E-state index contributed by atoms with van der Waals surface area (Å²) in [6, 6.07) is 16.1. The fraction of sp³-hybridized carbons (Fsp3) is 0.182. The molecule has 0 saturated carbocycles. The van der Waals surface area contributed by atoms with Gasteiger partial charge in [-0.3, -0.25) is 9.59 Å². The lowest BCUT2D eigenvalue weighted by Gasteiger charge is -2.23. The van der Waals surface area contributed by atoms with Gasteiger partial charge in [0.1, 0.15) is 6.61 Å². The Bertz CT molecular complexity index is 1050. The fourth-order valence-electron chi connectivity index (χ4n) is 2.81. The SMILES string of the molecule is CN(CCOc1ccccc1F)C(=O)c1ccccc1N(C)C(=O)c1ccc(Br)o1. The maximum absolute atomic E-state index is 13.6. The van der Waals surface area contributed by atoms with Crippen molar-refractivity contribution < 1.29 is 23.1 Å². The second-order valence-corrected chi connectivity index (χ2v) is 7.27. The van der Waals surface area contributed by atoms with Crippen LogP contribution in [0.15, 0.2) is 69.8 Å². The van der Waals surface area contributed by atoms with Crippen LogP contribution >= 0.6 is 15.9 Å². The van der Waals surface area contributed by atoms with E-state index in [9.17, 15) is 14.0 Å². The predicted molar refractivity (Wildman–Crippen MR) is 114 cm³/mol. The number of benzene rings is 2. The summed E-state index contributed by atoms with van der Waals surface area (Å²) in [6.07, 6.45) is 0. The van der Waals surface area contributed by atoms with Crippen LogP contribution in [0.3, 0.4) is 0 Å². The van der Waals surface area contributed by atoms with Crippen LogP contribution in [-0.2, 0) is 0 Å². The molecule has 0 aliphatic heterocycles. The first kappa shape index (κ1) is 21.6. The molecule has 156 valence electrons. The molecule has 0 aliphatic rings. The minimum atomic E-state index is -0.457. The van der Waals surface area contributed by atoms with Crippen molar-refractivity contribution in [2.24, 2.45) is 0 Å². The number of para-hydroxylation sites is 2. The number of halogens is 2. The number of ether oxygens (including phenoxy) is 1. The topological polar surface area (TPSA) is 63.0 Å². The molecule has 0 bridgehead atoms. The second-order valence-electron chi connectivity index (χ2n) is 6.49. The van der Waals surface area contributed by atoms with Crippen LogP contribution in [0.4, 0.5) is 10.1 Å². The van der Waals surface area contributed by atoms with E-state index in [1.54, 1.807) is 62.6 Å². The van der Waals surface area contributed by atoms with E-state index in [1.165, 1.54) is 21.9 Å². The van der Waals surface area contributed by atoms with E-state index in [-0.39, 0.29) is 36.5 Å². The zero-order chi connectivity index (χ0) is 21.7. The van der Waals surface area contributed by atoms with Gasteiger partial charge in [-0.1, -0.05) is 24.3 Å². The number of hydrogen-bond acceptors (Lipinski definition) is 4. The Morgan fingerprint density at radius 1 is 1.00 bits per heavy atom. The minimum Gasteiger partial charge on any atom is -0.489 e. The number of anilines is 1. The fourth-order valence-corrected chi connectivity index (χ4v) is 3.12. The summed E-state index contributed by atoms with van der Waals surface area (Å²) < 4.78 is 24.8. The average Bonchev–Trinajstić information content (AvgIpc) is 3.19. The van der Waals surface area contributed by atoms with Crippen molar-refractivity contribution in [1.82, 2.24) is 4.90 Å². The van der Waals surface area contributed by atoms with Gasteiger partial charge in [-0.05, 0) is 52.3 Å². The van der Waals surface area contributed by atoms with Gasteiger partial charge in [-0.2, -0.15) is 0 Å². The molecule has 0 aliphatic carbocycles. The molecule has 30 heavy (non-hydrogen) atoms.